The first-order valence-corrected chi connectivity index (χ1v) is 14.3. The van der Waals surface area contributed by atoms with Gasteiger partial charge in [-0.2, -0.15) is 0 Å². The Morgan fingerprint density at radius 2 is 1.90 bits per heavy atom. The Labute approximate surface area is 68.0 Å². The van der Waals surface area contributed by atoms with Crippen molar-refractivity contribution in [3.8, 4) is 0 Å². The van der Waals surface area contributed by atoms with Gasteiger partial charge in [0.2, 0.25) is 0 Å². The van der Waals surface area contributed by atoms with Crippen LogP contribution in [0.5, 0.6) is 0 Å². The number of rotatable bonds is 3. The Morgan fingerprint density at radius 1 is 1.50 bits per heavy atom. The Balaban J connectivity index is 3.81. The zero-order valence-electron chi connectivity index (χ0n) is 7.44. The first-order valence-electron chi connectivity index (χ1n) is 3.68. The van der Waals surface area contributed by atoms with Crippen LogP contribution in [0.2, 0.25) is 19.3 Å². The summed E-state index contributed by atoms with van der Waals surface area (Å²) < 4.78 is 1.10. The van der Waals surface area contributed by atoms with Crippen molar-refractivity contribution in [1.82, 2.24) is 0 Å². The van der Waals surface area contributed by atoms with Gasteiger partial charge in [0, 0.05) is 0 Å². The molecule has 0 heterocycles. The quantitative estimate of drug-likeness (QED) is 0.600. The van der Waals surface area contributed by atoms with Gasteiger partial charge in [-0.15, -0.1) is 0 Å². The van der Waals surface area contributed by atoms with Crippen LogP contribution < -0.4 is 0 Å². The van der Waals surface area contributed by atoms with Crippen molar-refractivity contribution in [2.45, 2.75) is 32.3 Å². The van der Waals surface area contributed by atoms with E-state index in [1.54, 1.807) is 6.92 Å². The molecule has 1 nitrogen and oxygen atoms in total. The Morgan fingerprint density at radius 3 is 2.00 bits per heavy atom. The van der Waals surface area contributed by atoms with E-state index in [-0.39, 0.29) is 6.10 Å². The molecule has 0 saturated heterocycles. The minimum atomic E-state index is -1.70. The van der Waals surface area contributed by atoms with Gasteiger partial charge < -0.3 is 0 Å². The summed E-state index contributed by atoms with van der Waals surface area (Å²) in [5.74, 6) is 0. The third-order valence-electron chi connectivity index (χ3n) is 1.35. The predicted molar refractivity (Wildman–Crippen MR) is 49.0 cm³/mol. The van der Waals surface area contributed by atoms with Crippen molar-refractivity contribution in [1.29, 1.82) is 0 Å². The van der Waals surface area contributed by atoms with Gasteiger partial charge in [0.1, 0.15) is 0 Å². The van der Waals surface area contributed by atoms with E-state index >= 15 is 0 Å². The Kier molecular flexibility index (Phi) is 3.95. The van der Waals surface area contributed by atoms with Crippen molar-refractivity contribution in [2.24, 2.45) is 0 Å². The minimum absolute atomic E-state index is 0.309. The standard InChI is InChI=1S/C5H9O.3CH3.Sn/c1-4(2)5(3)6;;;;/h5-6H,1-2H2,3H3;3*1H3;. The summed E-state index contributed by atoms with van der Waals surface area (Å²) in [5.41, 5.74) is 1.02. The average molecular weight is 249 g/mol. The fourth-order valence-corrected chi connectivity index (χ4v) is 5.56. The normalized spacial score (nSPS) is 14.9. The molecule has 10 heavy (non-hydrogen) atoms. The Bertz CT molecular complexity index is 122. The van der Waals surface area contributed by atoms with Gasteiger partial charge in [0.05, 0.1) is 0 Å². The van der Waals surface area contributed by atoms with Crippen molar-refractivity contribution >= 4 is 18.4 Å². The topological polar surface area (TPSA) is 20.2 Å². The summed E-state index contributed by atoms with van der Waals surface area (Å²) in [5, 5.41) is 9.12. The number of hydrogen-bond acceptors (Lipinski definition) is 1. The van der Waals surface area contributed by atoms with E-state index in [9.17, 15) is 0 Å². The van der Waals surface area contributed by atoms with Crippen molar-refractivity contribution < 1.29 is 5.11 Å². The van der Waals surface area contributed by atoms with E-state index < -0.39 is 18.4 Å². The molecule has 0 aliphatic carbocycles. The van der Waals surface area contributed by atoms with E-state index in [1.807, 2.05) is 0 Å². The molecule has 1 atom stereocenters. The number of aliphatic hydroxyl groups excluding tert-OH is 1. The SMILES string of the molecule is C=C([CH2][Sn]([CH3])([CH3])[CH3])C(C)O. The van der Waals surface area contributed by atoms with Gasteiger partial charge in [-0.25, -0.2) is 0 Å². The van der Waals surface area contributed by atoms with Gasteiger partial charge in [0.25, 0.3) is 0 Å². The van der Waals surface area contributed by atoms with E-state index in [4.69, 9.17) is 5.11 Å². The summed E-state index contributed by atoms with van der Waals surface area (Å²) in [6.07, 6.45) is -0.309. The van der Waals surface area contributed by atoms with Crippen molar-refractivity contribution in [3.05, 3.63) is 12.2 Å². The second kappa shape index (κ2) is 3.77. The first-order chi connectivity index (χ1) is 4.33. The van der Waals surface area contributed by atoms with Gasteiger partial charge in [0.15, 0.2) is 0 Å². The van der Waals surface area contributed by atoms with Gasteiger partial charge in [-0.05, 0) is 0 Å². The van der Waals surface area contributed by atoms with Crippen LogP contribution in [0, 0.1) is 0 Å². The molecule has 0 bridgehead atoms. The zero-order valence-corrected chi connectivity index (χ0v) is 10.3. The van der Waals surface area contributed by atoms with Crippen LogP contribution in [-0.4, -0.2) is 29.6 Å². The molecule has 0 radical (unpaired) electrons. The number of hydrogen-bond donors (Lipinski definition) is 1. The van der Waals surface area contributed by atoms with Crippen LogP contribution >= 0.6 is 0 Å². The molecule has 0 amide bonds. The summed E-state index contributed by atoms with van der Waals surface area (Å²) >= 11 is -1.70. The second-order valence-corrected chi connectivity index (χ2v) is 19.7. The summed E-state index contributed by atoms with van der Waals surface area (Å²) in [6, 6.07) is 0. The van der Waals surface area contributed by atoms with E-state index in [0.717, 1.165) is 10.0 Å². The predicted octanol–water partition coefficient (Wildman–Crippen LogP) is 2.26. The van der Waals surface area contributed by atoms with Crippen LogP contribution in [0.25, 0.3) is 0 Å². The molecule has 0 aromatic heterocycles. The molecule has 0 spiro atoms. The number of aliphatic hydroxyl groups is 1. The van der Waals surface area contributed by atoms with Crippen LogP contribution in [0.1, 0.15) is 6.92 Å². The molecule has 1 N–H and O–H groups in total. The molecule has 0 aliphatic rings. The Hall–Kier alpha value is 0.499. The second-order valence-electron chi connectivity index (χ2n) is 4.07. The third-order valence-corrected chi connectivity index (χ3v) is 5.67. The van der Waals surface area contributed by atoms with Crippen LogP contribution in [0.4, 0.5) is 0 Å². The van der Waals surface area contributed by atoms with Gasteiger partial charge in [-0.3, -0.25) is 0 Å². The molecular formula is C8H18OSn. The van der Waals surface area contributed by atoms with E-state index in [0.29, 0.717) is 0 Å². The fraction of sp³-hybridized carbons (Fsp3) is 0.750. The van der Waals surface area contributed by atoms with Crippen LogP contribution in [0.3, 0.4) is 0 Å². The van der Waals surface area contributed by atoms with Gasteiger partial charge >= 0.3 is 67.9 Å². The molecule has 0 fully saturated rings. The maximum atomic E-state index is 9.12. The average Bonchev–Trinajstić information content (AvgIpc) is 1.60. The maximum absolute atomic E-state index is 9.12. The summed E-state index contributed by atoms with van der Waals surface area (Å²) in [6.45, 7) is 5.63. The van der Waals surface area contributed by atoms with Crippen LogP contribution in [0.15, 0.2) is 12.2 Å². The van der Waals surface area contributed by atoms with Crippen molar-refractivity contribution in [3.63, 3.8) is 0 Å². The summed E-state index contributed by atoms with van der Waals surface area (Å²) in [4.78, 5) is 7.05. The van der Waals surface area contributed by atoms with E-state index in [1.165, 1.54) is 0 Å². The zero-order chi connectivity index (χ0) is 8.36. The molecule has 60 valence electrons. The van der Waals surface area contributed by atoms with E-state index in [2.05, 4.69) is 21.4 Å². The molecule has 2 heteroatoms. The molecule has 0 rings (SSSR count). The monoisotopic (exact) mass is 250 g/mol. The first kappa shape index (κ1) is 10.5. The molecule has 1 unspecified atom stereocenters. The molecule has 0 saturated carbocycles. The van der Waals surface area contributed by atoms with Gasteiger partial charge in [-0.1, -0.05) is 0 Å². The molecule has 0 aromatic rings. The molecule has 0 aliphatic heterocycles. The van der Waals surface area contributed by atoms with Crippen molar-refractivity contribution in [2.75, 3.05) is 0 Å². The third kappa shape index (κ3) is 5.30. The van der Waals surface area contributed by atoms with Crippen LogP contribution in [-0.2, 0) is 0 Å². The fourth-order valence-electron chi connectivity index (χ4n) is 0.829. The molecular weight excluding hydrogens is 231 g/mol. The summed E-state index contributed by atoms with van der Waals surface area (Å²) in [7, 11) is 0. The molecule has 0 aromatic carbocycles.